The van der Waals surface area contributed by atoms with Crippen molar-refractivity contribution < 1.29 is 14.3 Å². The molecule has 5 heteroatoms. The van der Waals surface area contributed by atoms with Gasteiger partial charge in [-0.25, -0.2) is 5.43 Å². The average molecular weight is 356 g/mol. The third-order valence-electron chi connectivity index (χ3n) is 6.56. The molecule has 0 spiro atoms. The van der Waals surface area contributed by atoms with Crippen molar-refractivity contribution in [2.45, 2.75) is 64.4 Å². The second-order valence-electron chi connectivity index (χ2n) is 7.76. The molecular formula is C21H28N2O3. The SMILES string of the molecule is CCC1(CC)Cc2c(OC)ccc(C3=NNC(=O)C4CCCCC34)c2O1. The molecule has 1 aromatic carbocycles. The summed E-state index contributed by atoms with van der Waals surface area (Å²) in [6.07, 6.45) is 7.01. The number of nitrogens with zero attached hydrogens (tertiary/aromatic N) is 1. The number of ether oxygens (including phenoxy) is 2. The van der Waals surface area contributed by atoms with Gasteiger partial charge in [-0.1, -0.05) is 26.7 Å². The number of fused-ring (bicyclic) bond motifs is 2. The second-order valence-corrected chi connectivity index (χ2v) is 7.76. The molecule has 0 aromatic heterocycles. The maximum atomic E-state index is 12.3. The fourth-order valence-corrected chi connectivity index (χ4v) is 4.82. The highest BCUT2D eigenvalue weighted by Crippen LogP contribution is 2.47. The van der Waals surface area contributed by atoms with Crippen molar-refractivity contribution in [3.8, 4) is 11.5 Å². The molecule has 26 heavy (non-hydrogen) atoms. The van der Waals surface area contributed by atoms with Gasteiger partial charge in [0.2, 0.25) is 5.91 Å². The normalized spacial score (nSPS) is 26.3. The Labute approximate surface area is 155 Å². The minimum Gasteiger partial charge on any atom is -0.496 e. The summed E-state index contributed by atoms with van der Waals surface area (Å²) in [5.41, 5.74) is 5.74. The highest BCUT2D eigenvalue weighted by Gasteiger charge is 2.43. The summed E-state index contributed by atoms with van der Waals surface area (Å²) in [6, 6.07) is 4.08. The molecule has 3 aliphatic rings. The number of carbonyl (C=O) groups is 1. The number of rotatable bonds is 4. The average Bonchev–Trinajstić information content (AvgIpc) is 3.09. The zero-order chi connectivity index (χ0) is 18.3. The maximum absolute atomic E-state index is 12.3. The van der Waals surface area contributed by atoms with E-state index in [0.717, 1.165) is 73.3 Å². The van der Waals surface area contributed by atoms with Gasteiger partial charge < -0.3 is 9.47 Å². The van der Waals surface area contributed by atoms with Crippen molar-refractivity contribution in [2.24, 2.45) is 16.9 Å². The largest absolute Gasteiger partial charge is 0.496 e. The Morgan fingerprint density at radius 3 is 2.65 bits per heavy atom. The summed E-state index contributed by atoms with van der Waals surface area (Å²) in [4.78, 5) is 12.3. The van der Waals surface area contributed by atoms with Crippen LogP contribution in [0, 0.1) is 11.8 Å². The van der Waals surface area contributed by atoms with Gasteiger partial charge in [-0.3, -0.25) is 4.79 Å². The van der Waals surface area contributed by atoms with Crippen LogP contribution in [-0.4, -0.2) is 24.3 Å². The van der Waals surface area contributed by atoms with Crippen LogP contribution < -0.4 is 14.9 Å². The van der Waals surface area contributed by atoms with E-state index in [1.165, 1.54) is 0 Å². The number of benzene rings is 1. The first kappa shape index (κ1) is 17.4. The quantitative estimate of drug-likeness (QED) is 0.892. The Balaban J connectivity index is 1.79. The highest BCUT2D eigenvalue weighted by atomic mass is 16.5. The minimum atomic E-state index is -0.170. The van der Waals surface area contributed by atoms with Crippen LogP contribution in [0.4, 0.5) is 0 Å². The van der Waals surface area contributed by atoms with E-state index in [1.54, 1.807) is 7.11 Å². The number of hydrogen-bond acceptors (Lipinski definition) is 4. The van der Waals surface area contributed by atoms with Crippen LogP contribution in [-0.2, 0) is 11.2 Å². The standard InChI is InChI=1S/C21H28N2O3/c1-4-21(5-2)12-16-17(25-3)11-10-15(19(16)26-21)18-13-8-6-7-9-14(13)20(24)23-22-18/h10-11,13-14H,4-9,12H2,1-3H3,(H,23,24). The first-order valence-electron chi connectivity index (χ1n) is 9.89. The van der Waals surface area contributed by atoms with E-state index in [1.807, 2.05) is 6.07 Å². The summed E-state index contributed by atoms with van der Waals surface area (Å²) in [5, 5.41) is 4.49. The number of nitrogens with one attached hydrogen (secondary N) is 1. The van der Waals surface area contributed by atoms with Crippen LogP contribution in [0.15, 0.2) is 17.2 Å². The van der Waals surface area contributed by atoms with Crippen LogP contribution in [0.1, 0.15) is 63.5 Å². The molecule has 1 amide bonds. The van der Waals surface area contributed by atoms with Crippen LogP contribution in [0.3, 0.4) is 0 Å². The first-order valence-corrected chi connectivity index (χ1v) is 9.89. The number of hydrazone groups is 1. The molecule has 2 unspecified atom stereocenters. The minimum absolute atomic E-state index is 0.0394. The lowest BCUT2D eigenvalue weighted by Gasteiger charge is -2.35. The Morgan fingerprint density at radius 2 is 1.96 bits per heavy atom. The van der Waals surface area contributed by atoms with Crippen LogP contribution >= 0.6 is 0 Å². The van der Waals surface area contributed by atoms with Crippen molar-refractivity contribution in [3.05, 3.63) is 23.3 Å². The summed E-state index contributed by atoms with van der Waals surface area (Å²) in [5.74, 6) is 2.09. The topological polar surface area (TPSA) is 59.9 Å². The maximum Gasteiger partial charge on any atom is 0.243 e. The van der Waals surface area contributed by atoms with Crippen molar-refractivity contribution in [1.29, 1.82) is 0 Å². The van der Waals surface area contributed by atoms with Crippen LogP contribution in [0.5, 0.6) is 11.5 Å². The monoisotopic (exact) mass is 356 g/mol. The molecule has 1 N–H and O–H groups in total. The van der Waals surface area contributed by atoms with E-state index in [-0.39, 0.29) is 23.3 Å². The van der Waals surface area contributed by atoms with E-state index in [0.29, 0.717) is 0 Å². The molecule has 0 saturated heterocycles. The van der Waals surface area contributed by atoms with Gasteiger partial charge >= 0.3 is 0 Å². The number of amides is 1. The molecule has 2 aliphatic heterocycles. The predicted molar refractivity (Wildman–Crippen MR) is 101 cm³/mol. The second kappa shape index (κ2) is 6.60. The molecule has 5 nitrogen and oxygen atoms in total. The van der Waals surface area contributed by atoms with Gasteiger partial charge in [0, 0.05) is 29.4 Å². The fraction of sp³-hybridized carbons (Fsp3) is 0.619. The Bertz CT molecular complexity index is 752. The van der Waals surface area contributed by atoms with E-state index >= 15 is 0 Å². The molecule has 2 atom stereocenters. The van der Waals surface area contributed by atoms with Gasteiger partial charge in [0.1, 0.15) is 17.1 Å². The van der Waals surface area contributed by atoms with E-state index in [2.05, 4.69) is 30.4 Å². The molecule has 140 valence electrons. The fourth-order valence-electron chi connectivity index (χ4n) is 4.82. The number of hydrogen-bond donors (Lipinski definition) is 1. The van der Waals surface area contributed by atoms with Crippen molar-refractivity contribution in [1.82, 2.24) is 5.43 Å². The smallest absolute Gasteiger partial charge is 0.243 e. The lowest BCUT2D eigenvalue weighted by atomic mass is 9.73. The third-order valence-corrected chi connectivity index (χ3v) is 6.56. The van der Waals surface area contributed by atoms with Crippen molar-refractivity contribution in [3.63, 3.8) is 0 Å². The van der Waals surface area contributed by atoms with Gasteiger partial charge in [-0.15, -0.1) is 0 Å². The summed E-state index contributed by atoms with van der Waals surface area (Å²) in [7, 11) is 1.71. The van der Waals surface area contributed by atoms with E-state index in [9.17, 15) is 4.79 Å². The molecule has 4 rings (SSSR count). The Kier molecular flexibility index (Phi) is 4.41. The summed E-state index contributed by atoms with van der Waals surface area (Å²) in [6.45, 7) is 4.36. The zero-order valence-corrected chi connectivity index (χ0v) is 15.9. The molecule has 1 saturated carbocycles. The van der Waals surface area contributed by atoms with E-state index < -0.39 is 0 Å². The zero-order valence-electron chi connectivity index (χ0n) is 15.9. The van der Waals surface area contributed by atoms with Gasteiger partial charge in [-0.05, 0) is 37.8 Å². The number of methoxy groups -OCH3 is 1. The van der Waals surface area contributed by atoms with Crippen LogP contribution in [0.2, 0.25) is 0 Å². The highest BCUT2D eigenvalue weighted by molar-refractivity contribution is 6.09. The van der Waals surface area contributed by atoms with Crippen molar-refractivity contribution >= 4 is 11.6 Å². The van der Waals surface area contributed by atoms with Gasteiger partial charge in [-0.2, -0.15) is 5.10 Å². The van der Waals surface area contributed by atoms with Gasteiger partial charge in [0.15, 0.2) is 0 Å². The Hall–Kier alpha value is -2.04. The molecular weight excluding hydrogens is 328 g/mol. The lowest BCUT2D eigenvalue weighted by molar-refractivity contribution is -0.127. The van der Waals surface area contributed by atoms with Gasteiger partial charge in [0.05, 0.1) is 12.8 Å². The molecule has 1 aromatic rings. The lowest BCUT2D eigenvalue weighted by Crippen LogP contribution is -2.43. The number of carbonyl (C=O) groups excluding carboxylic acids is 1. The first-order chi connectivity index (χ1) is 12.6. The summed E-state index contributed by atoms with van der Waals surface area (Å²) < 4.78 is 12.2. The molecule has 1 fully saturated rings. The van der Waals surface area contributed by atoms with E-state index in [4.69, 9.17) is 9.47 Å². The Morgan fingerprint density at radius 1 is 1.23 bits per heavy atom. The third kappa shape index (κ3) is 2.60. The summed E-state index contributed by atoms with van der Waals surface area (Å²) >= 11 is 0. The molecule has 0 bridgehead atoms. The van der Waals surface area contributed by atoms with Crippen molar-refractivity contribution in [2.75, 3.05) is 7.11 Å². The molecule has 0 radical (unpaired) electrons. The van der Waals surface area contributed by atoms with Gasteiger partial charge in [0.25, 0.3) is 0 Å². The molecule has 2 heterocycles. The predicted octanol–water partition coefficient (Wildman–Crippen LogP) is 3.83. The van der Waals surface area contributed by atoms with Crippen LogP contribution in [0.25, 0.3) is 0 Å². The molecule has 1 aliphatic carbocycles.